The number of hydrogen-bond acceptors (Lipinski definition) is 2. The van der Waals surface area contributed by atoms with Crippen LogP contribution in [0.25, 0.3) is 0 Å². The van der Waals surface area contributed by atoms with Gasteiger partial charge in [-0.15, -0.1) is 0 Å². The van der Waals surface area contributed by atoms with Crippen molar-refractivity contribution >= 4 is 5.78 Å². The van der Waals surface area contributed by atoms with Crippen LogP contribution in [0.2, 0.25) is 0 Å². The third kappa shape index (κ3) is 2.02. The van der Waals surface area contributed by atoms with Gasteiger partial charge in [0.05, 0.1) is 0 Å². The summed E-state index contributed by atoms with van der Waals surface area (Å²) in [5.74, 6) is -0.0406. The maximum absolute atomic E-state index is 11.2. The van der Waals surface area contributed by atoms with Gasteiger partial charge in [0.1, 0.15) is 5.69 Å². The average Bonchev–Trinajstić information content (AvgIpc) is 2.05. The molecule has 2 nitrogen and oxygen atoms in total. The number of pyridine rings is 1. The van der Waals surface area contributed by atoms with Crippen LogP contribution in [0.15, 0.2) is 30.4 Å². The molecule has 0 aliphatic rings. The lowest BCUT2D eigenvalue weighted by molar-refractivity contribution is 0.104. The number of carbonyl (C=O) groups excluding carboxylic acids is 1. The van der Waals surface area contributed by atoms with Gasteiger partial charge < -0.3 is 0 Å². The van der Waals surface area contributed by atoms with Crippen molar-refractivity contribution < 1.29 is 4.79 Å². The first-order valence-electron chi connectivity index (χ1n) is 3.84. The molecule has 2 heteroatoms. The highest BCUT2D eigenvalue weighted by Gasteiger charge is 2.01. The fraction of sp³-hybridized carbons (Fsp3) is 0.200. The molecular formula is C10H11NO. The molecule has 0 aliphatic carbocycles. The van der Waals surface area contributed by atoms with Crippen molar-refractivity contribution in [2.75, 3.05) is 0 Å². The van der Waals surface area contributed by atoms with Crippen LogP contribution in [0, 0.1) is 6.92 Å². The molecule has 0 spiro atoms. The molecule has 0 radical (unpaired) electrons. The highest BCUT2D eigenvalue weighted by Crippen LogP contribution is 1.99. The van der Waals surface area contributed by atoms with E-state index in [-0.39, 0.29) is 5.78 Å². The van der Waals surface area contributed by atoms with Crippen molar-refractivity contribution in [2.45, 2.75) is 13.8 Å². The third-order valence-electron chi connectivity index (χ3n) is 1.46. The number of rotatable bonds is 2. The second-order valence-corrected chi connectivity index (χ2v) is 2.53. The molecular weight excluding hydrogens is 150 g/mol. The van der Waals surface area contributed by atoms with Gasteiger partial charge in [0.25, 0.3) is 0 Å². The minimum atomic E-state index is -0.0406. The molecule has 0 N–H and O–H groups in total. The van der Waals surface area contributed by atoms with Crippen LogP contribution in [0.3, 0.4) is 0 Å². The molecule has 0 saturated carbocycles. The Kier molecular flexibility index (Phi) is 2.75. The van der Waals surface area contributed by atoms with Gasteiger partial charge in [-0.3, -0.25) is 4.79 Å². The summed E-state index contributed by atoms with van der Waals surface area (Å²) < 4.78 is 0. The highest BCUT2D eigenvalue weighted by atomic mass is 16.1. The van der Waals surface area contributed by atoms with Crippen LogP contribution >= 0.6 is 0 Å². The minimum absolute atomic E-state index is 0.0406. The number of nitrogens with zero attached hydrogens (tertiary/aromatic N) is 1. The normalized spacial score (nSPS) is 10.5. The summed E-state index contributed by atoms with van der Waals surface area (Å²) in [6, 6.07) is 5.42. The van der Waals surface area contributed by atoms with E-state index in [0.29, 0.717) is 5.69 Å². The number of allylic oxidation sites excluding steroid dienone is 2. The van der Waals surface area contributed by atoms with Crippen molar-refractivity contribution in [1.29, 1.82) is 0 Å². The zero-order valence-electron chi connectivity index (χ0n) is 7.24. The van der Waals surface area contributed by atoms with Gasteiger partial charge in [0.2, 0.25) is 5.78 Å². The summed E-state index contributed by atoms with van der Waals surface area (Å²) in [6.07, 6.45) is 3.23. The Morgan fingerprint density at radius 2 is 2.25 bits per heavy atom. The van der Waals surface area contributed by atoms with Crippen LogP contribution < -0.4 is 0 Å². The van der Waals surface area contributed by atoms with E-state index in [0.717, 1.165) is 5.69 Å². The fourth-order valence-corrected chi connectivity index (χ4v) is 0.917. The van der Waals surface area contributed by atoms with Gasteiger partial charge in [-0.05, 0) is 32.1 Å². The first-order chi connectivity index (χ1) is 5.74. The molecule has 1 heterocycles. The van der Waals surface area contributed by atoms with Crippen LogP contribution in [0.1, 0.15) is 23.1 Å². The van der Waals surface area contributed by atoms with E-state index in [2.05, 4.69) is 4.98 Å². The van der Waals surface area contributed by atoms with Gasteiger partial charge in [0, 0.05) is 5.69 Å². The summed E-state index contributed by atoms with van der Waals surface area (Å²) in [4.78, 5) is 15.3. The maximum Gasteiger partial charge on any atom is 0.203 e. The fourth-order valence-electron chi connectivity index (χ4n) is 0.917. The van der Waals surface area contributed by atoms with Crippen molar-refractivity contribution in [3.8, 4) is 0 Å². The quantitative estimate of drug-likeness (QED) is 0.491. The standard InChI is InChI=1S/C10H11NO/c1-3-5-10(12)9-7-4-6-8(2)11-9/h3-7H,1-2H3/b5-3+. The molecule has 0 aliphatic heterocycles. The zero-order chi connectivity index (χ0) is 8.97. The van der Waals surface area contributed by atoms with Crippen LogP contribution in [0.4, 0.5) is 0 Å². The second kappa shape index (κ2) is 3.81. The lowest BCUT2D eigenvalue weighted by atomic mass is 10.2. The second-order valence-electron chi connectivity index (χ2n) is 2.53. The molecule has 0 fully saturated rings. The topological polar surface area (TPSA) is 30.0 Å². The Bertz CT molecular complexity index is 315. The van der Waals surface area contributed by atoms with Gasteiger partial charge in [-0.25, -0.2) is 4.98 Å². The summed E-state index contributed by atoms with van der Waals surface area (Å²) in [5, 5.41) is 0. The van der Waals surface area contributed by atoms with Gasteiger partial charge in [-0.2, -0.15) is 0 Å². The number of hydrogen-bond donors (Lipinski definition) is 0. The number of ketones is 1. The summed E-state index contributed by atoms with van der Waals surface area (Å²) in [7, 11) is 0. The van der Waals surface area contributed by atoms with E-state index < -0.39 is 0 Å². The van der Waals surface area contributed by atoms with Crippen molar-refractivity contribution in [3.63, 3.8) is 0 Å². The Hall–Kier alpha value is -1.44. The molecule has 0 saturated heterocycles. The first kappa shape index (κ1) is 8.65. The number of aryl methyl sites for hydroxylation is 1. The van der Waals surface area contributed by atoms with E-state index in [4.69, 9.17) is 0 Å². The average molecular weight is 161 g/mol. The van der Waals surface area contributed by atoms with E-state index in [1.807, 2.05) is 26.0 Å². The third-order valence-corrected chi connectivity index (χ3v) is 1.46. The molecule has 0 bridgehead atoms. The molecule has 0 unspecified atom stereocenters. The summed E-state index contributed by atoms with van der Waals surface area (Å²) >= 11 is 0. The molecule has 0 atom stereocenters. The Balaban J connectivity index is 2.96. The summed E-state index contributed by atoms with van der Waals surface area (Å²) in [5.41, 5.74) is 1.37. The Morgan fingerprint density at radius 3 is 2.83 bits per heavy atom. The van der Waals surface area contributed by atoms with Crippen LogP contribution in [-0.4, -0.2) is 10.8 Å². The monoisotopic (exact) mass is 161 g/mol. The minimum Gasteiger partial charge on any atom is -0.288 e. The molecule has 1 rings (SSSR count). The van der Waals surface area contributed by atoms with Crippen molar-refractivity contribution in [2.24, 2.45) is 0 Å². The van der Waals surface area contributed by atoms with Gasteiger partial charge in [0.15, 0.2) is 0 Å². The predicted octanol–water partition coefficient (Wildman–Crippen LogP) is 2.15. The Labute approximate surface area is 71.9 Å². The first-order valence-corrected chi connectivity index (χ1v) is 3.84. The lowest BCUT2D eigenvalue weighted by Gasteiger charge is -1.95. The molecule has 1 aromatic heterocycles. The predicted molar refractivity (Wildman–Crippen MR) is 48.1 cm³/mol. The highest BCUT2D eigenvalue weighted by molar-refractivity contribution is 6.02. The molecule has 62 valence electrons. The molecule has 1 aromatic rings. The van der Waals surface area contributed by atoms with E-state index in [9.17, 15) is 4.79 Å². The molecule has 0 aromatic carbocycles. The molecule has 12 heavy (non-hydrogen) atoms. The van der Waals surface area contributed by atoms with Crippen LogP contribution in [0.5, 0.6) is 0 Å². The number of aromatic nitrogens is 1. The van der Waals surface area contributed by atoms with E-state index in [1.165, 1.54) is 6.08 Å². The van der Waals surface area contributed by atoms with Crippen LogP contribution in [-0.2, 0) is 0 Å². The van der Waals surface area contributed by atoms with Gasteiger partial charge >= 0.3 is 0 Å². The van der Waals surface area contributed by atoms with Gasteiger partial charge in [-0.1, -0.05) is 12.1 Å². The molecule has 0 amide bonds. The zero-order valence-corrected chi connectivity index (χ0v) is 7.24. The SMILES string of the molecule is C/C=C/C(=O)c1cccc(C)n1. The van der Waals surface area contributed by atoms with Crippen molar-refractivity contribution in [1.82, 2.24) is 4.98 Å². The van der Waals surface area contributed by atoms with E-state index in [1.54, 1.807) is 12.1 Å². The summed E-state index contributed by atoms with van der Waals surface area (Å²) in [6.45, 7) is 3.68. The van der Waals surface area contributed by atoms with E-state index >= 15 is 0 Å². The number of carbonyl (C=O) groups is 1. The lowest BCUT2D eigenvalue weighted by Crippen LogP contribution is -1.98. The Morgan fingerprint density at radius 1 is 1.50 bits per heavy atom. The largest absolute Gasteiger partial charge is 0.288 e. The van der Waals surface area contributed by atoms with Crippen molar-refractivity contribution in [3.05, 3.63) is 41.7 Å². The smallest absolute Gasteiger partial charge is 0.203 e. The maximum atomic E-state index is 11.2.